The predicted molar refractivity (Wildman–Crippen MR) is 102 cm³/mol. The molecule has 2 saturated heterocycles. The predicted octanol–water partition coefficient (Wildman–Crippen LogP) is 3.66. The number of likely N-dealkylation sites (tertiary alicyclic amines) is 2. The summed E-state index contributed by atoms with van der Waals surface area (Å²) in [6, 6.07) is 7.79. The van der Waals surface area contributed by atoms with Crippen molar-refractivity contribution < 1.29 is 9.59 Å². The van der Waals surface area contributed by atoms with E-state index in [0.717, 1.165) is 61.7 Å². The van der Waals surface area contributed by atoms with Gasteiger partial charge in [-0.25, -0.2) is 4.79 Å². The van der Waals surface area contributed by atoms with Gasteiger partial charge in [0.15, 0.2) is 0 Å². The molecule has 0 spiro atoms. The van der Waals surface area contributed by atoms with E-state index in [0.29, 0.717) is 6.54 Å². The molecule has 3 amide bonds. The van der Waals surface area contributed by atoms with Crippen LogP contribution in [0.1, 0.15) is 32.6 Å². The molecule has 25 heavy (non-hydrogen) atoms. The lowest BCUT2D eigenvalue weighted by molar-refractivity contribution is -0.135. The molecule has 6 heteroatoms. The number of amides is 3. The number of carbonyl (C=O) groups is 2. The number of urea groups is 1. The van der Waals surface area contributed by atoms with Gasteiger partial charge in [0.25, 0.3) is 0 Å². The van der Waals surface area contributed by atoms with E-state index in [2.05, 4.69) is 12.2 Å². The highest BCUT2D eigenvalue weighted by Gasteiger charge is 2.32. The van der Waals surface area contributed by atoms with Gasteiger partial charge in [0.1, 0.15) is 0 Å². The zero-order valence-corrected chi connectivity index (χ0v) is 15.7. The van der Waals surface area contributed by atoms with Crippen molar-refractivity contribution in [2.24, 2.45) is 5.92 Å². The van der Waals surface area contributed by atoms with Crippen LogP contribution in [0.3, 0.4) is 0 Å². The largest absolute Gasteiger partial charge is 0.342 e. The molecule has 2 aliphatic rings. The van der Waals surface area contributed by atoms with E-state index in [1.54, 1.807) is 16.7 Å². The van der Waals surface area contributed by atoms with Crippen molar-refractivity contribution in [3.05, 3.63) is 24.3 Å². The molecule has 0 aliphatic carbocycles. The average Bonchev–Trinajstić information content (AvgIpc) is 3.18. The Labute approximate surface area is 154 Å². The van der Waals surface area contributed by atoms with E-state index in [1.165, 1.54) is 0 Å². The van der Waals surface area contributed by atoms with Crippen LogP contribution in [0.15, 0.2) is 29.2 Å². The van der Waals surface area contributed by atoms with Gasteiger partial charge in [-0.15, -0.1) is 11.8 Å². The van der Waals surface area contributed by atoms with Crippen LogP contribution in [0.4, 0.5) is 10.5 Å². The van der Waals surface area contributed by atoms with Crippen molar-refractivity contribution in [1.82, 2.24) is 9.80 Å². The van der Waals surface area contributed by atoms with Gasteiger partial charge in [-0.2, -0.15) is 0 Å². The first-order valence-corrected chi connectivity index (χ1v) is 10.2. The highest BCUT2D eigenvalue weighted by molar-refractivity contribution is 7.99. The summed E-state index contributed by atoms with van der Waals surface area (Å²) in [5.41, 5.74) is 0.854. The summed E-state index contributed by atoms with van der Waals surface area (Å²) < 4.78 is 0. The number of anilines is 1. The van der Waals surface area contributed by atoms with Gasteiger partial charge in [-0.05, 0) is 43.6 Å². The molecule has 1 aromatic carbocycles. The lowest BCUT2D eigenvalue weighted by atomic mass is 9.97. The minimum Gasteiger partial charge on any atom is -0.342 e. The quantitative estimate of drug-likeness (QED) is 0.833. The van der Waals surface area contributed by atoms with Gasteiger partial charge in [-0.3, -0.25) is 4.79 Å². The van der Waals surface area contributed by atoms with E-state index in [4.69, 9.17) is 0 Å². The van der Waals surface area contributed by atoms with Crippen molar-refractivity contribution in [1.29, 1.82) is 0 Å². The number of thioether (sulfide) groups is 1. The van der Waals surface area contributed by atoms with Crippen LogP contribution >= 0.6 is 11.8 Å². The molecular formula is C19H27N3O2S. The number of nitrogens with one attached hydrogen (secondary N) is 1. The first-order valence-electron chi connectivity index (χ1n) is 9.25. The van der Waals surface area contributed by atoms with E-state index in [1.807, 2.05) is 29.2 Å². The molecule has 136 valence electrons. The van der Waals surface area contributed by atoms with Gasteiger partial charge in [-0.1, -0.05) is 19.1 Å². The van der Waals surface area contributed by atoms with E-state index in [9.17, 15) is 9.59 Å². The summed E-state index contributed by atoms with van der Waals surface area (Å²) in [4.78, 5) is 30.2. The number of nitrogens with zero attached hydrogens (tertiary/aromatic N) is 2. The standard InChI is InChI=1S/C19H27N3O2S/c1-2-25-17-10-4-3-9-16(17)20-19(24)22-13-7-8-15(14-22)18(23)21-11-5-6-12-21/h3-4,9-10,15H,2,5-8,11-14H2,1H3,(H,20,24)/t15-/m0/s1. The van der Waals surface area contributed by atoms with Crippen LogP contribution in [-0.4, -0.2) is 53.7 Å². The highest BCUT2D eigenvalue weighted by Crippen LogP contribution is 2.28. The number of hydrogen-bond acceptors (Lipinski definition) is 3. The Morgan fingerprint density at radius 2 is 1.84 bits per heavy atom. The van der Waals surface area contributed by atoms with E-state index in [-0.39, 0.29) is 17.9 Å². The van der Waals surface area contributed by atoms with Gasteiger partial charge >= 0.3 is 6.03 Å². The Balaban J connectivity index is 1.61. The van der Waals surface area contributed by atoms with Gasteiger partial charge in [0, 0.05) is 31.1 Å². The number of piperidine rings is 1. The van der Waals surface area contributed by atoms with Crippen LogP contribution in [0.5, 0.6) is 0 Å². The van der Waals surface area contributed by atoms with Gasteiger partial charge in [0.2, 0.25) is 5.91 Å². The minimum atomic E-state index is -0.0944. The topological polar surface area (TPSA) is 52.7 Å². The summed E-state index contributed by atoms with van der Waals surface area (Å²) in [6.07, 6.45) is 3.99. The summed E-state index contributed by atoms with van der Waals surface area (Å²) in [5.74, 6) is 1.15. The Bertz CT molecular complexity index is 616. The molecule has 5 nitrogen and oxygen atoms in total. The van der Waals surface area contributed by atoms with Gasteiger partial charge in [0.05, 0.1) is 11.6 Å². The Morgan fingerprint density at radius 3 is 2.60 bits per heavy atom. The lowest BCUT2D eigenvalue weighted by Crippen LogP contribution is -2.47. The zero-order valence-electron chi connectivity index (χ0n) is 14.9. The van der Waals surface area contributed by atoms with E-state index < -0.39 is 0 Å². The number of rotatable bonds is 4. The summed E-state index contributed by atoms with van der Waals surface area (Å²) >= 11 is 1.72. The summed E-state index contributed by atoms with van der Waals surface area (Å²) in [7, 11) is 0. The molecule has 1 atom stereocenters. The second-order valence-electron chi connectivity index (χ2n) is 6.68. The van der Waals surface area contributed by atoms with Crippen LogP contribution in [0.25, 0.3) is 0 Å². The van der Waals surface area contributed by atoms with Crippen LogP contribution in [0, 0.1) is 5.92 Å². The summed E-state index contributed by atoms with van der Waals surface area (Å²) in [5, 5.41) is 3.04. The molecule has 0 aromatic heterocycles. The number of benzene rings is 1. The van der Waals surface area contributed by atoms with Crippen molar-refractivity contribution in [2.45, 2.75) is 37.5 Å². The number of carbonyl (C=O) groups excluding carboxylic acids is 2. The van der Waals surface area contributed by atoms with Crippen molar-refractivity contribution >= 4 is 29.4 Å². The van der Waals surface area contributed by atoms with E-state index >= 15 is 0 Å². The maximum Gasteiger partial charge on any atom is 0.321 e. The molecule has 2 fully saturated rings. The summed E-state index contributed by atoms with van der Waals surface area (Å²) in [6.45, 7) is 5.11. The molecule has 0 saturated carbocycles. The van der Waals surface area contributed by atoms with Crippen LogP contribution < -0.4 is 5.32 Å². The maximum atomic E-state index is 12.7. The minimum absolute atomic E-state index is 0.0436. The second-order valence-corrected chi connectivity index (χ2v) is 7.98. The molecule has 1 N–H and O–H groups in total. The Kier molecular flexibility index (Phi) is 6.24. The van der Waals surface area contributed by atoms with Crippen molar-refractivity contribution in [2.75, 3.05) is 37.2 Å². The van der Waals surface area contributed by atoms with Crippen molar-refractivity contribution in [3.63, 3.8) is 0 Å². The zero-order chi connectivity index (χ0) is 17.6. The molecule has 0 bridgehead atoms. The third kappa shape index (κ3) is 4.48. The number of hydrogen-bond donors (Lipinski definition) is 1. The normalized spacial score (nSPS) is 20.6. The highest BCUT2D eigenvalue weighted by atomic mass is 32.2. The number of para-hydroxylation sites is 1. The smallest absolute Gasteiger partial charge is 0.321 e. The molecule has 0 radical (unpaired) electrons. The monoisotopic (exact) mass is 361 g/mol. The third-order valence-corrected chi connectivity index (χ3v) is 5.86. The van der Waals surface area contributed by atoms with Crippen LogP contribution in [0.2, 0.25) is 0 Å². The second kappa shape index (κ2) is 8.61. The maximum absolute atomic E-state index is 12.7. The fourth-order valence-corrected chi connectivity index (χ4v) is 4.36. The molecule has 3 rings (SSSR count). The molecule has 0 unspecified atom stereocenters. The lowest BCUT2D eigenvalue weighted by Gasteiger charge is -2.34. The Hall–Kier alpha value is -1.69. The molecule has 2 aliphatic heterocycles. The fraction of sp³-hybridized carbons (Fsp3) is 0.579. The first kappa shape index (κ1) is 18.1. The average molecular weight is 362 g/mol. The van der Waals surface area contributed by atoms with Crippen LogP contribution in [-0.2, 0) is 4.79 Å². The molecular weight excluding hydrogens is 334 g/mol. The van der Waals surface area contributed by atoms with Gasteiger partial charge < -0.3 is 15.1 Å². The SMILES string of the molecule is CCSc1ccccc1NC(=O)N1CCC[C@H](C(=O)N2CCCC2)C1. The fourth-order valence-electron chi connectivity index (χ4n) is 3.60. The molecule has 1 aromatic rings. The van der Waals surface area contributed by atoms with Crippen molar-refractivity contribution in [3.8, 4) is 0 Å². The Morgan fingerprint density at radius 1 is 1.12 bits per heavy atom. The first-order chi connectivity index (χ1) is 12.2. The molecule has 2 heterocycles. The third-order valence-electron chi connectivity index (χ3n) is 4.90.